The highest BCUT2D eigenvalue weighted by Gasteiger charge is 2.08. The maximum Gasteiger partial charge on any atom is 0.0630 e. The van der Waals surface area contributed by atoms with Crippen LogP contribution in [0.1, 0.15) is 27.2 Å². The molecule has 0 spiro atoms. The van der Waals surface area contributed by atoms with Crippen LogP contribution in [0.2, 0.25) is 0 Å². The first-order valence-corrected chi connectivity index (χ1v) is 6.46. The predicted molar refractivity (Wildman–Crippen MR) is 78.7 cm³/mol. The maximum absolute atomic E-state index is 6.21. The van der Waals surface area contributed by atoms with Crippen LogP contribution in [0.5, 0.6) is 0 Å². The average Bonchev–Trinajstić information content (AvgIpc) is 2.32. The zero-order valence-corrected chi connectivity index (χ0v) is 11.3. The standard InChI is InChI=1S/C15H21N3/c1-10(2)8-11(3)18-14-5-4-12-9-17-7-6-13(12)15(14)16/h4-7,9-11,18H,8,16H2,1-3H3. The van der Waals surface area contributed by atoms with Gasteiger partial charge in [0.25, 0.3) is 0 Å². The molecule has 2 rings (SSSR count). The van der Waals surface area contributed by atoms with Crippen LogP contribution in [0.15, 0.2) is 30.6 Å². The molecule has 0 bridgehead atoms. The van der Waals surface area contributed by atoms with Crippen LogP contribution in [0.4, 0.5) is 11.4 Å². The highest BCUT2D eigenvalue weighted by atomic mass is 14.9. The third kappa shape index (κ3) is 2.73. The van der Waals surface area contributed by atoms with Gasteiger partial charge in [-0.3, -0.25) is 4.98 Å². The summed E-state index contributed by atoms with van der Waals surface area (Å²) in [5.41, 5.74) is 8.03. The molecular formula is C15H21N3. The Labute approximate surface area is 108 Å². The SMILES string of the molecule is CC(C)CC(C)Nc1ccc2cnccc2c1N. The Bertz CT molecular complexity index is 534. The number of hydrogen-bond donors (Lipinski definition) is 2. The summed E-state index contributed by atoms with van der Waals surface area (Å²) in [5, 5.41) is 5.63. The lowest BCUT2D eigenvalue weighted by Crippen LogP contribution is -2.18. The number of fused-ring (bicyclic) bond motifs is 1. The van der Waals surface area contributed by atoms with Gasteiger partial charge in [0.05, 0.1) is 11.4 Å². The van der Waals surface area contributed by atoms with Gasteiger partial charge in [0.1, 0.15) is 0 Å². The van der Waals surface area contributed by atoms with E-state index in [4.69, 9.17) is 5.73 Å². The summed E-state index contributed by atoms with van der Waals surface area (Å²) >= 11 is 0. The first kappa shape index (κ1) is 12.7. The third-order valence-electron chi connectivity index (χ3n) is 3.09. The molecule has 0 saturated carbocycles. The van der Waals surface area contributed by atoms with Crippen LogP contribution < -0.4 is 11.1 Å². The fraction of sp³-hybridized carbons (Fsp3) is 0.400. The van der Waals surface area contributed by atoms with Crippen LogP contribution in [-0.2, 0) is 0 Å². The summed E-state index contributed by atoms with van der Waals surface area (Å²) in [6.45, 7) is 6.65. The summed E-state index contributed by atoms with van der Waals surface area (Å²) in [5.74, 6) is 0.679. The minimum Gasteiger partial charge on any atom is -0.397 e. The van der Waals surface area contributed by atoms with Crippen LogP contribution in [-0.4, -0.2) is 11.0 Å². The monoisotopic (exact) mass is 243 g/mol. The van der Waals surface area contributed by atoms with Gasteiger partial charge in [-0.05, 0) is 31.4 Å². The van der Waals surface area contributed by atoms with E-state index in [1.165, 1.54) is 0 Å². The van der Waals surface area contributed by atoms with Crippen LogP contribution in [0.3, 0.4) is 0 Å². The molecule has 3 heteroatoms. The van der Waals surface area contributed by atoms with Crippen molar-refractivity contribution in [2.75, 3.05) is 11.1 Å². The second kappa shape index (κ2) is 5.25. The minimum atomic E-state index is 0.423. The van der Waals surface area contributed by atoms with Gasteiger partial charge < -0.3 is 11.1 Å². The molecule has 0 saturated heterocycles. The van der Waals surface area contributed by atoms with Gasteiger partial charge in [0, 0.05) is 29.2 Å². The molecule has 1 aromatic heterocycles. The number of nitrogens with zero attached hydrogens (tertiary/aromatic N) is 1. The highest BCUT2D eigenvalue weighted by molar-refractivity contribution is 5.98. The van der Waals surface area contributed by atoms with Crippen molar-refractivity contribution in [3.05, 3.63) is 30.6 Å². The van der Waals surface area contributed by atoms with Gasteiger partial charge in [-0.2, -0.15) is 0 Å². The topological polar surface area (TPSA) is 50.9 Å². The van der Waals surface area contributed by atoms with Crippen molar-refractivity contribution in [1.29, 1.82) is 0 Å². The number of anilines is 2. The van der Waals surface area contributed by atoms with Gasteiger partial charge >= 0.3 is 0 Å². The number of aromatic nitrogens is 1. The van der Waals surface area contributed by atoms with E-state index in [9.17, 15) is 0 Å². The molecule has 0 aliphatic heterocycles. The van der Waals surface area contributed by atoms with Crippen molar-refractivity contribution >= 4 is 22.1 Å². The van der Waals surface area contributed by atoms with Gasteiger partial charge in [-0.25, -0.2) is 0 Å². The fourth-order valence-corrected chi connectivity index (χ4v) is 2.35. The molecule has 0 aliphatic carbocycles. The molecule has 0 radical (unpaired) electrons. The summed E-state index contributed by atoms with van der Waals surface area (Å²) in [7, 11) is 0. The van der Waals surface area contributed by atoms with E-state index in [0.717, 1.165) is 28.6 Å². The zero-order valence-electron chi connectivity index (χ0n) is 11.3. The van der Waals surface area contributed by atoms with Crippen molar-refractivity contribution in [3.8, 4) is 0 Å². The van der Waals surface area contributed by atoms with Crippen LogP contribution in [0, 0.1) is 5.92 Å². The number of pyridine rings is 1. The second-order valence-corrected chi connectivity index (χ2v) is 5.30. The van der Waals surface area contributed by atoms with E-state index in [0.29, 0.717) is 12.0 Å². The van der Waals surface area contributed by atoms with E-state index < -0.39 is 0 Å². The van der Waals surface area contributed by atoms with Gasteiger partial charge in [-0.15, -0.1) is 0 Å². The Hall–Kier alpha value is -1.77. The van der Waals surface area contributed by atoms with Gasteiger partial charge in [-0.1, -0.05) is 19.9 Å². The van der Waals surface area contributed by atoms with Gasteiger partial charge in [0.15, 0.2) is 0 Å². The van der Waals surface area contributed by atoms with Gasteiger partial charge in [0.2, 0.25) is 0 Å². The molecular weight excluding hydrogens is 222 g/mol. The molecule has 18 heavy (non-hydrogen) atoms. The zero-order chi connectivity index (χ0) is 13.1. The lowest BCUT2D eigenvalue weighted by atomic mass is 10.0. The second-order valence-electron chi connectivity index (χ2n) is 5.30. The molecule has 1 heterocycles. The molecule has 3 N–H and O–H groups in total. The van der Waals surface area contributed by atoms with E-state index in [-0.39, 0.29) is 0 Å². The Morgan fingerprint density at radius 3 is 2.72 bits per heavy atom. The third-order valence-corrected chi connectivity index (χ3v) is 3.09. The smallest absolute Gasteiger partial charge is 0.0630 e. The van der Waals surface area contributed by atoms with Crippen molar-refractivity contribution in [1.82, 2.24) is 4.98 Å². The average molecular weight is 243 g/mol. The number of nitrogen functional groups attached to an aromatic ring is 1. The first-order valence-electron chi connectivity index (χ1n) is 6.46. The number of hydrogen-bond acceptors (Lipinski definition) is 3. The van der Waals surface area contributed by atoms with Crippen molar-refractivity contribution in [3.63, 3.8) is 0 Å². The highest BCUT2D eigenvalue weighted by Crippen LogP contribution is 2.28. The molecule has 96 valence electrons. The Morgan fingerprint density at radius 2 is 2.00 bits per heavy atom. The normalized spacial score (nSPS) is 12.9. The molecule has 1 aromatic carbocycles. The van der Waals surface area contributed by atoms with E-state index >= 15 is 0 Å². The van der Waals surface area contributed by atoms with Crippen molar-refractivity contribution in [2.24, 2.45) is 5.92 Å². The maximum atomic E-state index is 6.21. The Kier molecular flexibility index (Phi) is 3.70. The summed E-state index contributed by atoms with van der Waals surface area (Å²) in [4.78, 5) is 4.11. The summed E-state index contributed by atoms with van der Waals surface area (Å²) in [6.07, 6.45) is 4.75. The van der Waals surface area contributed by atoms with E-state index in [1.54, 1.807) is 6.20 Å². The molecule has 2 aromatic rings. The number of rotatable bonds is 4. The van der Waals surface area contributed by atoms with E-state index in [2.05, 4.69) is 37.1 Å². The van der Waals surface area contributed by atoms with Crippen LogP contribution >= 0.6 is 0 Å². The predicted octanol–water partition coefficient (Wildman–Crippen LogP) is 3.66. The lowest BCUT2D eigenvalue weighted by molar-refractivity contribution is 0.540. The number of nitrogens with two attached hydrogens (primary N) is 1. The lowest BCUT2D eigenvalue weighted by Gasteiger charge is -2.19. The number of nitrogens with one attached hydrogen (secondary N) is 1. The van der Waals surface area contributed by atoms with Crippen molar-refractivity contribution in [2.45, 2.75) is 33.2 Å². The largest absolute Gasteiger partial charge is 0.397 e. The first-order chi connectivity index (χ1) is 8.58. The fourth-order valence-electron chi connectivity index (χ4n) is 2.35. The molecule has 0 amide bonds. The van der Waals surface area contributed by atoms with Crippen LogP contribution in [0.25, 0.3) is 10.8 Å². The van der Waals surface area contributed by atoms with E-state index in [1.807, 2.05) is 18.3 Å². The quantitative estimate of drug-likeness (QED) is 0.806. The summed E-state index contributed by atoms with van der Waals surface area (Å²) in [6, 6.07) is 6.48. The molecule has 3 nitrogen and oxygen atoms in total. The van der Waals surface area contributed by atoms with Crippen molar-refractivity contribution < 1.29 is 0 Å². The molecule has 1 unspecified atom stereocenters. The molecule has 0 fully saturated rings. The number of benzene rings is 1. The Balaban J connectivity index is 2.26. The molecule has 1 atom stereocenters. The molecule has 0 aliphatic rings. The summed E-state index contributed by atoms with van der Waals surface area (Å²) < 4.78 is 0. The Morgan fingerprint density at radius 1 is 1.22 bits per heavy atom. The minimum absolute atomic E-state index is 0.423.